The fourth-order valence-electron chi connectivity index (χ4n) is 1.76. The summed E-state index contributed by atoms with van der Waals surface area (Å²) in [7, 11) is 1.75. The maximum absolute atomic E-state index is 11.2. The Kier molecular flexibility index (Phi) is 2.21. The summed E-state index contributed by atoms with van der Waals surface area (Å²) in [6.07, 6.45) is 0. The van der Waals surface area contributed by atoms with Crippen LogP contribution in [0.5, 0.6) is 0 Å². The number of nitrogens with zero attached hydrogens (tertiary/aromatic N) is 1. The summed E-state index contributed by atoms with van der Waals surface area (Å²) in [6.45, 7) is 0. The van der Waals surface area contributed by atoms with Crippen LogP contribution in [0.2, 0.25) is 5.02 Å². The van der Waals surface area contributed by atoms with E-state index in [1.807, 2.05) is 12.1 Å². The van der Waals surface area contributed by atoms with Crippen LogP contribution in [0.25, 0.3) is 0 Å². The van der Waals surface area contributed by atoms with Crippen molar-refractivity contribution in [3.63, 3.8) is 0 Å². The summed E-state index contributed by atoms with van der Waals surface area (Å²) >= 11 is 5.77. The van der Waals surface area contributed by atoms with Gasteiger partial charge in [0.05, 0.1) is 6.04 Å². The second-order valence-electron chi connectivity index (χ2n) is 3.47. The number of nitrogens with two attached hydrogens (primary N) is 1. The van der Waals surface area contributed by atoms with E-state index in [2.05, 4.69) is 0 Å². The Hall–Kier alpha value is -1.06. The molecule has 2 rings (SSSR count). The van der Waals surface area contributed by atoms with E-state index >= 15 is 0 Å². The third-order valence-electron chi connectivity index (χ3n) is 2.60. The topological polar surface area (TPSA) is 46.3 Å². The molecule has 1 heterocycles. The Morgan fingerprint density at radius 3 is 2.43 bits per heavy atom. The van der Waals surface area contributed by atoms with E-state index < -0.39 is 6.04 Å². The number of likely N-dealkylation sites (N-methyl/N-ethyl adjacent to an activating group) is 1. The maximum Gasteiger partial charge on any atom is 0.242 e. The van der Waals surface area contributed by atoms with Crippen molar-refractivity contribution in [2.75, 3.05) is 7.05 Å². The smallest absolute Gasteiger partial charge is 0.242 e. The fourth-order valence-corrected chi connectivity index (χ4v) is 1.88. The molecule has 0 saturated carbocycles. The summed E-state index contributed by atoms with van der Waals surface area (Å²) in [5.74, 6) is -0.00931. The molecular formula is C10H11ClN2O. The molecule has 1 saturated heterocycles. The first-order chi connectivity index (χ1) is 6.61. The molecule has 0 bridgehead atoms. The molecule has 0 aromatic heterocycles. The molecule has 2 N–H and O–H groups in total. The number of rotatable bonds is 1. The van der Waals surface area contributed by atoms with E-state index in [0.717, 1.165) is 5.56 Å². The molecule has 0 aliphatic carbocycles. The molecule has 2 atom stereocenters. The molecule has 0 spiro atoms. The summed E-state index contributed by atoms with van der Waals surface area (Å²) in [5, 5.41) is 0.690. The molecule has 3 nitrogen and oxygen atoms in total. The number of benzene rings is 1. The quantitative estimate of drug-likeness (QED) is 0.708. The highest BCUT2D eigenvalue weighted by molar-refractivity contribution is 6.30. The molecule has 1 aromatic carbocycles. The number of hydrogen-bond donors (Lipinski definition) is 1. The SMILES string of the molecule is CN1C(=O)[C@@H](N)[C@@H]1c1ccc(Cl)cc1. The minimum Gasteiger partial charge on any atom is -0.335 e. The molecule has 1 fully saturated rings. The highest BCUT2D eigenvalue weighted by Gasteiger charge is 2.42. The molecule has 0 radical (unpaired) electrons. The Labute approximate surface area is 87.4 Å². The van der Waals surface area contributed by atoms with Gasteiger partial charge in [-0.05, 0) is 17.7 Å². The van der Waals surface area contributed by atoms with Gasteiger partial charge >= 0.3 is 0 Å². The van der Waals surface area contributed by atoms with E-state index in [1.54, 1.807) is 24.1 Å². The second-order valence-corrected chi connectivity index (χ2v) is 3.91. The molecule has 1 amide bonds. The Morgan fingerprint density at radius 2 is 1.93 bits per heavy atom. The molecule has 1 aromatic rings. The van der Waals surface area contributed by atoms with Gasteiger partial charge in [-0.1, -0.05) is 23.7 Å². The van der Waals surface area contributed by atoms with Gasteiger partial charge in [0.2, 0.25) is 5.91 Å². The van der Waals surface area contributed by atoms with E-state index in [9.17, 15) is 4.79 Å². The van der Waals surface area contributed by atoms with Gasteiger partial charge in [-0.25, -0.2) is 0 Å². The van der Waals surface area contributed by atoms with E-state index in [0.29, 0.717) is 5.02 Å². The molecule has 74 valence electrons. The Balaban J connectivity index is 2.24. The van der Waals surface area contributed by atoms with Gasteiger partial charge in [0.15, 0.2) is 0 Å². The van der Waals surface area contributed by atoms with Crippen molar-refractivity contribution in [2.24, 2.45) is 5.73 Å². The van der Waals surface area contributed by atoms with Crippen LogP contribution in [-0.4, -0.2) is 23.9 Å². The van der Waals surface area contributed by atoms with Crippen LogP contribution in [0.4, 0.5) is 0 Å². The van der Waals surface area contributed by atoms with Gasteiger partial charge in [-0.2, -0.15) is 0 Å². The van der Waals surface area contributed by atoms with E-state index in [4.69, 9.17) is 17.3 Å². The lowest BCUT2D eigenvalue weighted by molar-refractivity contribution is -0.146. The maximum atomic E-state index is 11.2. The fraction of sp³-hybridized carbons (Fsp3) is 0.300. The molecular weight excluding hydrogens is 200 g/mol. The van der Waals surface area contributed by atoms with Gasteiger partial charge in [0.25, 0.3) is 0 Å². The van der Waals surface area contributed by atoms with Crippen molar-refractivity contribution in [3.8, 4) is 0 Å². The lowest BCUT2D eigenvalue weighted by atomic mass is 9.90. The van der Waals surface area contributed by atoms with E-state index in [1.165, 1.54) is 0 Å². The minimum absolute atomic E-state index is 0.000216. The number of halogens is 1. The minimum atomic E-state index is -0.402. The summed E-state index contributed by atoms with van der Waals surface area (Å²) < 4.78 is 0. The zero-order valence-electron chi connectivity index (χ0n) is 7.77. The van der Waals surface area contributed by atoms with Crippen molar-refractivity contribution in [2.45, 2.75) is 12.1 Å². The van der Waals surface area contributed by atoms with Crippen molar-refractivity contribution in [1.29, 1.82) is 0 Å². The molecule has 1 aliphatic rings. The number of likely N-dealkylation sites (tertiary alicyclic amines) is 1. The summed E-state index contributed by atoms with van der Waals surface area (Å²) in [6, 6.07) is 7.01. The van der Waals surface area contributed by atoms with Crippen LogP contribution >= 0.6 is 11.6 Å². The van der Waals surface area contributed by atoms with Crippen molar-refractivity contribution in [3.05, 3.63) is 34.9 Å². The number of carbonyl (C=O) groups is 1. The highest BCUT2D eigenvalue weighted by Crippen LogP contribution is 2.32. The predicted octanol–water partition coefficient (Wildman–Crippen LogP) is 1.18. The van der Waals surface area contributed by atoms with Crippen LogP contribution in [0.1, 0.15) is 11.6 Å². The zero-order chi connectivity index (χ0) is 10.3. The monoisotopic (exact) mass is 210 g/mol. The number of hydrogen-bond acceptors (Lipinski definition) is 2. The second kappa shape index (κ2) is 3.26. The third-order valence-corrected chi connectivity index (χ3v) is 2.85. The van der Waals surface area contributed by atoms with Gasteiger partial charge in [-0.3, -0.25) is 4.79 Å². The molecule has 14 heavy (non-hydrogen) atoms. The number of carbonyl (C=O) groups excluding carboxylic acids is 1. The standard InChI is InChI=1S/C10H11ClN2O/c1-13-9(8(12)10(13)14)6-2-4-7(11)5-3-6/h2-5,8-9H,12H2,1H3/t8-,9-/m0/s1. The zero-order valence-corrected chi connectivity index (χ0v) is 8.53. The summed E-state index contributed by atoms with van der Waals surface area (Å²) in [5.41, 5.74) is 6.73. The Morgan fingerprint density at radius 1 is 1.36 bits per heavy atom. The molecule has 4 heteroatoms. The lowest BCUT2D eigenvalue weighted by Gasteiger charge is -2.43. The summed E-state index contributed by atoms with van der Waals surface area (Å²) in [4.78, 5) is 12.8. The first kappa shape index (κ1) is 9.49. The van der Waals surface area contributed by atoms with Gasteiger partial charge < -0.3 is 10.6 Å². The number of β-lactam (4-membered cyclic amide) rings is 1. The predicted molar refractivity (Wildman–Crippen MR) is 54.9 cm³/mol. The van der Waals surface area contributed by atoms with Crippen LogP contribution in [0, 0.1) is 0 Å². The van der Waals surface area contributed by atoms with Crippen LogP contribution < -0.4 is 5.73 Å². The third kappa shape index (κ3) is 1.29. The normalized spacial score (nSPS) is 26.2. The van der Waals surface area contributed by atoms with Crippen molar-refractivity contribution in [1.82, 2.24) is 4.90 Å². The largest absolute Gasteiger partial charge is 0.335 e. The van der Waals surface area contributed by atoms with Gasteiger partial charge in [0, 0.05) is 12.1 Å². The average molecular weight is 211 g/mol. The Bertz CT molecular complexity index is 351. The van der Waals surface area contributed by atoms with Crippen LogP contribution in [0.3, 0.4) is 0 Å². The van der Waals surface area contributed by atoms with Crippen LogP contribution in [0.15, 0.2) is 24.3 Å². The first-order valence-electron chi connectivity index (χ1n) is 4.39. The van der Waals surface area contributed by atoms with E-state index in [-0.39, 0.29) is 11.9 Å². The molecule has 0 unspecified atom stereocenters. The highest BCUT2D eigenvalue weighted by atomic mass is 35.5. The van der Waals surface area contributed by atoms with Crippen molar-refractivity contribution < 1.29 is 4.79 Å². The lowest BCUT2D eigenvalue weighted by Crippen LogP contribution is -2.61. The van der Waals surface area contributed by atoms with Gasteiger partial charge in [0.1, 0.15) is 6.04 Å². The first-order valence-corrected chi connectivity index (χ1v) is 4.77. The van der Waals surface area contributed by atoms with Crippen molar-refractivity contribution >= 4 is 17.5 Å². The number of amides is 1. The van der Waals surface area contributed by atoms with Gasteiger partial charge in [-0.15, -0.1) is 0 Å². The molecule has 1 aliphatic heterocycles. The average Bonchev–Trinajstić information content (AvgIpc) is 2.21. The van der Waals surface area contributed by atoms with Crippen LogP contribution in [-0.2, 0) is 4.79 Å².